The van der Waals surface area contributed by atoms with Gasteiger partial charge in [0.25, 0.3) is 0 Å². The van der Waals surface area contributed by atoms with Crippen LogP contribution in [-0.2, 0) is 6.42 Å². The second-order valence-electron chi connectivity index (χ2n) is 6.43. The number of nitrogens with two attached hydrogens (primary N) is 1. The Morgan fingerprint density at radius 2 is 2.15 bits per heavy atom. The number of pyridine rings is 1. The van der Waals surface area contributed by atoms with Gasteiger partial charge in [-0.2, -0.15) is 0 Å². The number of rotatable bonds is 6. The molecule has 2 N–H and O–H groups in total. The molecule has 0 amide bonds. The molecule has 20 heavy (non-hydrogen) atoms. The van der Waals surface area contributed by atoms with E-state index in [1.54, 1.807) is 6.20 Å². The van der Waals surface area contributed by atoms with E-state index in [1.165, 1.54) is 50.5 Å². The van der Waals surface area contributed by atoms with Crippen LogP contribution < -0.4 is 5.73 Å². The van der Waals surface area contributed by atoms with Crippen LogP contribution in [0.1, 0.15) is 57.4 Å². The highest BCUT2D eigenvalue weighted by atomic mass is 35.5. The van der Waals surface area contributed by atoms with Gasteiger partial charge >= 0.3 is 0 Å². The zero-order valence-electron chi connectivity index (χ0n) is 12.6. The van der Waals surface area contributed by atoms with Crippen LogP contribution in [0.4, 0.5) is 0 Å². The molecule has 2 nitrogen and oxygen atoms in total. The molecule has 1 fully saturated rings. The zero-order valence-corrected chi connectivity index (χ0v) is 13.3. The van der Waals surface area contributed by atoms with Crippen molar-refractivity contribution < 1.29 is 0 Å². The largest absolute Gasteiger partial charge is 0.330 e. The number of aromatic nitrogens is 1. The minimum Gasteiger partial charge on any atom is -0.330 e. The van der Waals surface area contributed by atoms with E-state index in [4.69, 9.17) is 17.3 Å². The Bertz CT molecular complexity index is 411. The van der Waals surface area contributed by atoms with Crippen LogP contribution in [0.3, 0.4) is 0 Å². The fraction of sp³-hybridized carbons (Fsp3) is 0.706. The van der Waals surface area contributed by atoms with Gasteiger partial charge in [-0.25, -0.2) is 0 Å². The van der Waals surface area contributed by atoms with Crippen LogP contribution in [-0.4, -0.2) is 11.5 Å². The Kier molecular flexibility index (Phi) is 5.86. The van der Waals surface area contributed by atoms with E-state index in [9.17, 15) is 0 Å². The number of halogens is 1. The maximum absolute atomic E-state index is 6.26. The Hall–Kier alpha value is -0.600. The monoisotopic (exact) mass is 294 g/mol. The van der Waals surface area contributed by atoms with E-state index in [2.05, 4.69) is 11.9 Å². The quantitative estimate of drug-likeness (QED) is 0.832. The summed E-state index contributed by atoms with van der Waals surface area (Å²) < 4.78 is 0. The third kappa shape index (κ3) is 3.95. The maximum atomic E-state index is 6.26. The van der Waals surface area contributed by atoms with Crippen LogP contribution in [0, 0.1) is 11.3 Å². The lowest BCUT2D eigenvalue weighted by atomic mass is 9.67. The predicted octanol–water partition coefficient (Wildman–Crippen LogP) is 4.60. The minimum atomic E-state index is 0.258. The maximum Gasteiger partial charge on any atom is 0.0621 e. The SMILES string of the molecule is CCCCC1CCC(CN)(Cc2ccncc2Cl)CC1. The van der Waals surface area contributed by atoms with Gasteiger partial charge < -0.3 is 5.73 Å². The van der Waals surface area contributed by atoms with Crippen molar-refractivity contribution in [2.75, 3.05) is 6.54 Å². The molecule has 1 saturated carbocycles. The lowest BCUT2D eigenvalue weighted by Gasteiger charge is -2.40. The molecule has 2 rings (SSSR count). The minimum absolute atomic E-state index is 0.258. The molecular formula is C17H27ClN2. The molecule has 1 aromatic heterocycles. The first-order chi connectivity index (χ1) is 9.69. The molecule has 1 aromatic rings. The highest BCUT2D eigenvalue weighted by Gasteiger charge is 2.34. The first kappa shape index (κ1) is 15.8. The Morgan fingerprint density at radius 1 is 1.40 bits per heavy atom. The van der Waals surface area contributed by atoms with E-state index in [0.29, 0.717) is 0 Å². The predicted molar refractivity (Wildman–Crippen MR) is 85.9 cm³/mol. The molecule has 0 bridgehead atoms. The van der Waals surface area contributed by atoms with Crippen molar-refractivity contribution in [2.45, 2.75) is 58.3 Å². The summed E-state index contributed by atoms with van der Waals surface area (Å²) in [6.45, 7) is 3.05. The van der Waals surface area contributed by atoms with Crippen LogP contribution >= 0.6 is 11.6 Å². The van der Waals surface area contributed by atoms with E-state index < -0.39 is 0 Å². The molecule has 0 radical (unpaired) electrons. The molecule has 0 spiro atoms. The second kappa shape index (κ2) is 7.42. The van der Waals surface area contributed by atoms with Crippen molar-refractivity contribution in [1.29, 1.82) is 0 Å². The third-order valence-corrected chi connectivity index (χ3v) is 5.33. The van der Waals surface area contributed by atoms with Gasteiger partial charge in [-0.05, 0) is 61.6 Å². The topological polar surface area (TPSA) is 38.9 Å². The average Bonchev–Trinajstić information content (AvgIpc) is 2.49. The normalized spacial score (nSPS) is 26.6. The Morgan fingerprint density at radius 3 is 2.75 bits per heavy atom. The molecule has 0 aliphatic heterocycles. The lowest BCUT2D eigenvalue weighted by Crippen LogP contribution is -2.37. The number of unbranched alkanes of at least 4 members (excludes halogenated alkanes) is 1. The summed E-state index contributed by atoms with van der Waals surface area (Å²) in [5.74, 6) is 0.919. The lowest BCUT2D eigenvalue weighted by molar-refractivity contribution is 0.150. The van der Waals surface area contributed by atoms with Gasteiger partial charge in [0.1, 0.15) is 0 Å². The third-order valence-electron chi connectivity index (χ3n) is 4.99. The van der Waals surface area contributed by atoms with Gasteiger partial charge in [0.2, 0.25) is 0 Å². The van der Waals surface area contributed by atoms with Gasteiger partial charge in [-0.15, -0.1) is 0 Å². The van der Waals surface area contributed by atoms with Gasteiger partial charge in [0, 0.05) is 12.4 Å². The molecule has 0 atom stereocenters. The summed E-state index contributed by atoms with van der Waals surface area (Å²) in [7, 11) is 0. The van der Waals surface area contributed by atoms with Crippen LogP contribution in [0.5, 0.6) is 0 Å². The highest BCUT2D eigenvalue weighted by molar-refractivity contribution is 6.31. The molecule has 0 aromatic carbocycles. The summed E-state index contributed by atoms with van der Waals surface area (Å²) in [5.41, 5.74) is 7.59. The van der Waals surface area contributed by atoms with Crippen LogP contribution in [0.15, 0.2) is 18.5 Å². The fourth-order valence-electron chi connectivity index (χ4n) is 3.48. The van der Waals surface area contributed by atoms with Crippen molar-refractivity contribution >= 4 is 11.6 Å². The van der Waals surface area contributed by atoms with E-state index in [1.807, 2.05) is 12.3 Å². The number of nitrogens with zero attached hydrogens (tertiary/aromatic N) is 1. The molecule has 3 heteroatoms. The molecule has 112 valence electrons. The van der Waals surface area contributed by atoms with Crippen molar-refractivity contribution in [3.8, 4) is 0 Å². The molecule has 1 aliphatic carbocycles. The zero-order chi connectivity index (χ0) is 14.4. The summed E-state index contributed by atoms with van der Waals surface area (Å²) >= 11 is 6.26. The highest BCUT2D eigenvalue weighted by Crippen LogP contribution is 2.42. The fourth-order valence-corrected chi connectivity index (χ4v) is 3.66. The van der Waals surface area contributed by atoms with Crippen molar-refractivity contribution in [3.63, 3.8) is 0 Å². The van der Waals surface area contributed by atoms with Crippen molar-refractivity contribution in [3.05, 3.63) is 29.0 Å². The molecular weight excluding hydrogens is 268 g/mol. The molecule has 1 heterocycles. The van der Waals surface area contributed by atoms with Crippen molar-refractivity contribution in [1.82, 2.24) is 4.98 Å². The first-order valence-electron chi connectivity index (χ1n) is 7.97. The summed E-state index contributed by atoms with van der Waals surface area (Å²) in [6.07, 6.45) is 13.8. The Labute approximate surface area is 128 Å². The van der Waals surface area contributed by atoms with Gasteiger partial charge in [0.15, 0.2) is 0 Å². The van der Waals surface area contributed by atoms with Gasteiger partial charge in [0.05, 0.1) is 5.02 Å². The first-order valence-corrected chi connectivity index (χ1v) is 8.35. The summed E-state index contributed by atoms with van der Waals surface area (Å²) in [6, 6.07) is 2.04. The molecule has 0 unspecified atom stereocenters. The molecule has 0 saturated heterocycles. The van der Waals surface area contributed by atoms with E-state index >= 15 is 0 Å². The van der Waals surface area contributed by atoms with Crippen molar-refractivity contribution in [2.24, 2.45) is 17.1 Å². The standard InChI is InChI=1S/C17H27ClN2/c1-2-3-4-14-5-8-17(13-19,9-6-14)11-15-7-10-20-12-16(15)18/h7,10,12,14H,2-6,8-9,11,13,19H2,1H3. The average molecular weight is 295 g/mol. The van der Waals surface area contributed by atoms with E-state index in [-0.39, 0.29) is 5.41 Å². The Balaban J connectivity index is 1.97. The number of hydrogen-bond donors (Lipinski definition) is 1. The van der Waals surface area contributed by atoms with Gasteiger partial charge in [-0.1, -0.05) is 37.8 Å². The molecule has 1 aliphatic rings. The summed E-state index contributed by atoms with van der Waals surface area (Å²) in [4.78, 5) is 4.07. The smallest absolute Gasteiger partial charge is 0.0621 e. The van der Waals surface area contributed by atoms with Crippen LogP contribution in [0.2, 0.25) is 5.02 Å². The van der Waals surface area contributed by atoms with Gasteiger partial charge in [-0.3, -0.25) is 4.98 Å². The summed E-state index contributed by atoms with van der Waals surface area (Å²) in [5, 5.41) is 0.786. The number of hydrogen-bond acceptors (Lipinski definition) is 2. The van der Waals surface area contributed by atoms with Crippen LogP contribution in [0.25, 0.3) is 0 Å². The van der Waals surface area contributed by atoms with E-state index in [0.717, 1.165) is 23.9 Å². The second-order valence-corrected chi connectivity index (χ2v) is 6.84.